The second-order valence-electron chi connectivity index (χ2n) is 6.18. The summed E-state index contributed by atoms with van der Waals surface area (Å²) in [5.41, 5.74) is 1.91. The van der Waals surface area contributed by atoms with Crippen molar-refractivity contribution in [2.45, 2.75) is 42.9 Å². The lowest BCUT2D eigenvalue weighted by Gasteiger charge is -2.05. The van der Waals surface area contributed by atoms with Crippen LogP contribution >= 0.6 is 0 Å². The number of sulfone groups is 1. The fourth-order valence-electron chi connectivity index (χ4n) is 2.74. The van der Waals surface area contributed by atoms with E-state index >= 15 is 0 Å². The van der Waals surface area contributed by atoms with Crippen LogP contribution in [0.25, 0.3) is 11.3 Å². The van der Waals surface area contributed by atoms with Gasteiger partial charge in [0.2, 0.25) is 9.84 Å². The second-order valence-corrected chi connectivity index (χ2v) is 8.10. The van der Waals surface area contributed by atoms with Gasteiger partial charge in [-0.05, 0) is 25.5 Å². The molecule has 0 unspecified atom stereocenters. The van der Waals surface area contributed by atoms with Crippen LogP contribution in [0.1, 0.15) is 31.1 Å². The summed E-state index contributed by atoms with van der Waals surface area (Å²) in [5.74, 6) is 1.14. The lowest BCUT2D eigenvalue weighted by Crippen LogP contribution is -2.03. The van der Waals surface area contributed by atoms with Crippen molar-refractivity contribution in [3.8, 4) is 11.3 Å². The van der Waals surface area contributed by atoms with Gasteiger partial charge in [0.25, 0.3) is 0 Å². The van der Waals surface area contributed by atoms with Crippen molar-refractivity contribution < 1.29 is 12.8 Å². The summed E-state index contributed by atoms with van der Waals surface area (Å²) >= 11 is 0. The minimum Gasteiger partial charge on any atom is -0.460 e. The number of aryl methyl sites for hydroxylation is 2. The number of rotatable bonds is 6. The highest BCUT2D eigenvalue weighted by Gasteiger charge is 2.25. The molecule has 0 N–H and O–H groups in total. The van der Waals surface area contributed by atoms with Crippen LogP contribution in [-0.2, 0) is 16.3 Å². The van der Waals surface area contributed by atoms with Gasteiger partial charge >= 0.3 is 0 Å². The molecule has 0 saturated heterocycles. The Kier molecular flexibility index (Phi) is 5.09. The molecular formula is C21H22O3S. The van der Waals surface area contributed by atoms with Gasteiger partial charge in [0.1, 0.15) is 16.4 Å². The van der Waals surface area contributed by atoms with Crippen LogP contribution in [0.2, 0.25) is 0 Å². The average molecular weight is 354 g/mol. The molecule has 1 heterocycles. The quantitative estimate of drug-likeness (QED) is 0.593. The highest BCUT2D eigenvalue weighted by molar-refractivity contribution is 7.91. The van der Waals surface area contributed by atoms with Crippen LogP contribution in [0.15, 0.2) is 74.9 Å². The maximum Gasteiger partial charge on any atom is 0.210 e. The molecule has 0 fully saturated rings. The summed E-state index contributed by atoms with van der Waals surface area (Å²) in [4.78, 5) is 0.583. The molecule has 0 bridgehead atoms. The predicted molar refractivity (Wildman–Crippen MR) is 99.4 cm³/mol. The van der Waals surface area contributed by atoms with Crippen molar-refractivity contribution in [3.05, 3.63) is 72.0 Å². The van der Waals surface area contributed by atoms with E-state index in [2.05, 4.69) is 6.92 Å². The summed E-state index contributed by atoms with van der Waals surface area (Å²) in [6.07, 6.45) is 2.48. The first kappa shape index (κ1) is 17.5. The molecule has 3 rings (SSSR count). The van der Waals surface area contributed by atoms with Crippen LogP contribution < -0.4 is 0 Å². The highest BCUT2D eigenvalue weighted by Crippen LogP contribution is 2.33. The summed E-state index contributed by atoms with van der Waals surface area (Å²) in [6, 6.07) is 18.2. The molecular weight excluding hydrogens is 332 g/mol. The Morgan fingerprint density at radius 3 is 2.28 bits per heavy atom. The summed E-state index contributed by atoms with van der Waals surface area (Å²) in [6.45, 7) is 4.02. The number of unbranched alkanes of at least 4 members (excludes halogenated alkanes) is 1. The second kappa shape index (κ2) is 7.28. The molecule has 0 aliphatic heterocycles. The van der Waals surface area contributed by atoms with Crippen LogP contribution in [0.4, 0.5) is 0 Å². The first-order valence-electron chi connectivity index (χ1n) is 8.52. The summed E-state index contributed by atoms with van der Waals surface area (Å²) in [7, 11) is -3.60. The lowest BCUT2D eigenvalue weighted by atomic mass is 10.2. The van der Waals surface area contributed by atoms with Crippen LogP contribution in [0.5, 0.6) is 0 Å². The molecule has 0 atom stereocenters. The minimum atomic E-state index is -3.60. The van der Waals surface area contributed by atoms with Crippen molar-refractivity contribution in [1.82, 2.24) is 0 Å². The van der Waals surface area contributed by atoms with Crippen molar-refractivity contribution in [2.75, 3.05) is 0 Å². The summed E-state index contributed by atoms with van der Waals surface area (Å²) in [5, 5.41) is 0. The van der Waals surface area contributed by atoms with Gasteiger partial charge in [0.15, 0.2) is 0 Å². The summed E-state index contributed by atoms with van der Waals surface area (Å²) < 4.78 is 32.2. The standard InChI is InChI=1S/C21H22O3S/c1-3-4-10-19-21(15-20(24-19)17-8-6-5-7-9-17)25(22,23)18-13-11-16(2)12-14-18/h5-9,11-15H,3-4,10H2,1-2H3. The SMILES string of the molecule is CCCCc1oc(-c2ccccc2)cc1S(=O)(=O)c1ccc(C)cc1. The number of benzene rings is 2. The highest BCUT2D eigenvalue weighted by atomic mass is 32.2. The molecule has 4 heteroatoms. The number of furan rings is 1. The third-order valence-corrected chi connectivity index (χ3v) is 6.02. The monoisotopic (exact) mass is 354 g/mol. The zero-order valence-corrected chi connectivity index (χ0v) is 15.3. The van der Waals surface area contributed by atoms with E-state index in [9.17, 15) is 8.42 Å². The van der Waals surface area contributed by atoms with Crippen LogP contribution in [0, 0.1) is 6.92 Å². The molecule has 0 aliphatic rings. The number of hydrogen-bond acceptors (Lipinski definition) is 3. The van der Waals surface area contributed by atoms with Gasteiger partial charge in [-0.2, -0.15) is 0 Å². The van der Waals surface area contributed by atoms with Crippen molar-refractivity contribution in [3.63, 3.8) is 0 Å². The van der Waals surface area contributed by atoms with Crippen LogP contribution in [0.3, 0.4) is 0 Å². The van der Waals surface area contributed by atoms with Crippen molar-refractivity contribution >= 4 is 9.84 Å². The van der Waals surface area contributed by atoms with Gasteiger partial charge in [0, 0.05) is 18.1 Å². The smallest absolute Gasteiger partial charge is 0.210 e. The molecule has 3 aromatic rings. The normalized spacial score (nSPS) is 11.6. The minimum absolute atomic E-state index is 0.281. The van der Waals surface area contributed by atoms with Crippen molar-refractivity contribution in [2.24, 2.45) is 0 Å². The number of hydrogen-bond donors (Lipinski definition) is 0. The molecule has 130 valence electrons. The van der Waals surface area contributed by atoms with Gasteiger partial charge in [0.05, 0.1) is 4.90 Å². The van der Waals surface area contributed by atoms with Gasteiger partial charge in [-0.15, -0.1) is 0 Å². The first-order chi connectivity index (χ1) is 12.0. The Hall–Kier alpha value is -2.33. The third kappa shape index (κ3) is 3.69. The molecule has 2 aromatic carbocycles. The molecule has 25 heavy (non-hydrogen) atoms. The average Bonchev–Trinajstić information content (AvgIpc) is 3.06. The van der Waals surface area contributed by atoms with E-state index in [1.165, 1.54) is 0 Å². The molecule has 0 radical (unpaired) electrons. The molecule has 0 saturated carbocycles. The van der Waals surface area contributed by atoms with E-state index in [1.807, 2.05) is 49.4 Å². The molecule has 3 nitrogen and oxygen atoms in total. The van der Waals surface area contributed by atoms with E-state index in [0.717, 1.165) is 24.0 Å². The first-order valence-corrected chi connectivity index (χ1v) is 10.0. The largest absolute Gasteiger partial charge is 0.460 e. The molecule has 0 spiro atoms. The fourth-order valence-corrected chi connectivity index (χ4v) is 4.19. The van der Waals surface area contributed by atoms with Gasteiger partial charge in [-0.1, -0.05) is 61.4 Å². The lowest BCUT2D eigenvalue weighted by molar-refractivity contribution is 0.499. The zero-order chi connectivity index (χ0) is 17.9. The van der Waals surface area contributed by atoms with Gasteiger partial charge < -0.3 is 4.42 Å². The molecule has 0 aliphatic carbocycles. The van der Waals surface area contributed by atoms with E-state index in [-0.39, 0.29) is 4.90 Å². The Bertz CT molecular complexity index is 937. The third-order valence-electron chi connectivity index (χ3n) is 4.21. The maximum absolute atomic E-state index is 13.1. The van der Waals surface area contributed by atoms with Gasteiger partial charge in [-0.3, -0.25) is 0 Å². The Balaban J connectivity index is 2.10. The van der Waals surface area contributed by atoms with Crippen molar-refractivity contribution in [1.29, 1.82) is 0 Å². The van der Waals surface area contributed by atoms with Gasteiger partial charge in [-0.25, -0.2) is 8.42 Å². The zero-order valence-electron chi connectivity index (χ0n) is 14.5. The predicted octanol–water partition coefficient (Wildman–Crippen LogP) is 5.43. The van der Waals surface area contributed by atoms with E-state index in [4.69, 9.17) is 4.42 Å². The topological polar surface area (TPSA) is 47.3 Å². The Morgan fingerprint density at radius 2 is 1.64 bits per heavy atom. The Morgan fingerprint density at radius 1 is 0.960 bits per heavy atom. The Labute approximate surface area is 149 Å². The van der Waals surface area contributed by atoms with E-state index in [0.29, 0.717) is 22.8 Å². The van der Waals surface area contributed by atoms with Crippen LogP contribution in [-0.4, -0.2) is 8.42 Å². The maximum atomic E-state index is 13.1. The van der Waals surface area contributed by atoms with E-state index < -0.39 is 9.84 Å². The fraction of sp³-hybridized carbons (Fsp3) is 0.238. The molecule has 1 aromatic heterocycles. The van der Waals surface area contributed by atoms with E-state index in [1.54, 1.807) is 18.2 Å². The molecule has 0 amide bonds.